The van der Waals surface area contributed by atoms with Gasteiger partial charge in [0, 0.05) is 49.6 Å². The minimum Gasteiger partial charge on any atom is -0.458 e. The third-order valence-corrected chi connectivity index (χ3v) is 44.8. The third kappa shape index (κ3) is 25.6. The molecule has 572 valence electrons. The second kappa shape index (κ2) is 42.7. The molecule has 2 fully saturated rings. The van der Waals surface area contributed by atoms with Crippen molar-refractivity contribution in [2.75, 3.05) is 0 Å². The summed E-state index contributed by atoms with van der Waals surface area (Å²) in [5.41, 5.74) is 10.7. The predicted molar refractivity (Wildman–Crippen MR) is 427 cm³/mol. The van der Waals surface area contributed by atoms with Gasteiger partial charge in [0.15, 0.2) is 33.3 Å². The van der Waals surface area contributed by atoms with Crippen molar-refractivity contribution in [2.45, 2.75) is 363 Å². The first-order valence-corrected chi connectivity index (χ1v) is 51.2. The number of carbonyl (C=O) groups excluding carboxylic acids is 4. The van der Waals surface area contributed by atoms with Crippen LogP contribution in [0.4, 0.5) is 0 Å². The van der Waals surface area contributed by atoms with Gasteiger partial charge in [0.25, 0.3) is 0 Å². The summed E-state index contributed by atoms with van der Waals surface area (Å²) < 4.78 is 41.1. The maximum absolute atomic E-state index is 14.9. The number of alkyl halides is 1. The van der Waals surface area contributed by atoms with Crippen molar-refractivity contribution in [1.29, 1.82) is 0 Å². The number of aromatic nitrogens is 2. The Balaban J connectivity index is 0.000000521. The molecule has 4 heterocycles. The number of cyclic esters (lactones) is 2. The minimum atomic E-state index is -2.29. The van der Waals surface area contributed by atoms with Crippen LogP contribution in [0.5, 0.6) is 0 Å². The number of ketones is 2. The Bertz CT molecular complexity index is 2910. The van der Waals surface area contributed by atoms with Crippen molar-refractivity contribution in [3.05, 3.63) is 53.8 Å². The fourth-order valence-corrected chi connectivity index (χ4v) is 28.9. The normalized spacial score (nSPS) is 28.3. The molecular weight excluding hydrogens is 1430 g/mol. The number of aryl methyl sites for hydroxylation is 2. The maximum atomic E-state index is 14.9. The van der Waals surface area contributed by atoms with Crippen LogP contribution in [-0.2, 0) is 46.4 Å². The number of esters is 2. The SMILES string of the molecule is CC[Si](CC)(CC)O[C@@H]1[C@@H](C)CCC[C@@H](O)[C@@H](N=[N+]=[N-])CC(/C(C)=C/c2csc(C)n2)OC(=O)C[C@@H](O[Si](CC)(CC)CC)C(C)(C)C(=O)[C@@H]1C.CC[Si](CC)(CC)O[C@@H]1[C@@H](C)CCC[C@@H](O)[C@H](Br)CC(/C(C)=C/c2csc(C)n2)OC(=O)C[C@H](O[Si](CC)(CC)CC)C(C)(C)C(=O)[C@@H]1C. The van der Waals surface area contributed by atoms with E-state index in [-0.39, 0.29) is 65.6 Å². The van der Waals surface area contributed by atoms with E-state index < -0.39 is 105 Å². The van der Waals surface area contributed by atoms with Crippen LogP contribution in [0.25, 0.3) is 22.6 Å². The number of nitrogens with zero attached hydrogens (tertiary/aromatic N) is 5. The smallest absolute Gasteiger partial charge is 0.309 e. The number of Topliss-reactive ketones (excluding diaryl/α,β-unsaturated/α-hetero) is 2. The van der Waals surface area contributed by atoms with Gasteiger partial charge in [-0.2, -0.15) is 0 Å². The molecule has 0 radical (unpaired) electrons. The molecule has 100 heavy (non-hydrogen) atoms. The van der Waals surface area contributed by atoms with Gasteiger partial charge < -0.3 is 37.4 Å². The van der Waals surface area contributed by atoms with E-state index in [1.165, 1.54) is 11.3 Å². The predicted octanol–water partition coefficient (Wildman–Crippen LogP) is 20.9. The van der Waals surface area contributed by atoms with E-state index in [4.69, 9.17) is 27.2 Å². The van der Waals surface area contributed by atoms with Gasteiger partial charge in [-0.1, -0.05) is 172 Å². The van der Waals surface area contributed by atoms with Gasteiger partial charge in [0.05, 0.1) is 76.9 Å². The zero-order valence-electron chi connectivity index (χ0n) is 66.4. The number of hydrogen-bond donors (Lipinski definition) is 2. The molecule has 0 amide bonds. The van der Waals surface area contributed by atoms with Gasteiger partial charge in [0.1, 0.15) is 23.8 Å². The van der Waals surface area contributed by atoms with Crippen molar-refractivity contribution in [2.24, 2.45) is 39.6 Å². The standard InChI is InChI=1S/C38H68BrNO6SSi2.C38H68N4O6SSi2/c1-13-48(14-2,15-3)45-34-24-35(42)44-33(27(8)22-30-25-47-29(10)40-30)23-31(39)32(41)21-19-20-26(7)36(28(9)37(43)38(34,11)12)46-49(16-4,17-5)18-6;1-13-50(14-2,15-3)47-34-24-35(44)46-33(27(8)22-30-25-49-29(10)40-30)23-31(41-42-39)32(43)21-19-20-26(7)36(28(9)37(45)38(34,11)12)48-51(16-4,17-5)18-6/h22,25-26,28,31-34,36,41H,13-21,23-24H2,1-12H3;22,25-26,28,31-34,36,43H,13-21,23-24H2,1-12H3/b2*27-22+/t26-,28+,31+,32+,33?,34-,36+;26-,28+,31-,32+,33?,34+,36+/m00/s1. The van der Waals surface area contributed by atoms with E-state index >= 15 is 0 Å². The van der Waals surface area contributed by atoms with Gasteiger partial charge in [-0.3, -0.25) is 19.2 Å². The van der Waals surface area contributed by atoms with Crippen LogP contribution >= 0.6 is 38.6 Å². The highest BCUT2D eigenvalue weighted by atomic mass is 79.9. The average molecular weight is 1570 g/mol. The lowest BCUT2D eigenvalue weighted by Gasteiger charge is -2.44. The molecule has 0 bridgehead atoms. The van der Waals surface area contributed by atoms with E-state index in [2.05, 4.69) is 133 Å². The van der Waals surface area contributed by atoms with Crippen molar-refractivity contribution in [3.8, 4) is 0 Å². The number of hydrogen-bond acceptors (Lipinski definition) is 17. The number of rotatable bonds is 25. The van der Waals surface area contributed by atoms with Gasteiger partial charge >= 0.3 is 11.9 Å². The average Bonchev–Trinajstić information content (AvgIpc) is 0.875. The molecule has 0 aromatic carbocycles. The minimum absolute atomic E-state index is 0.0199. The number of azide groups is 1. The summed E-state index contributed by atoms with van der Waals surface area (Å²) in [7, 11) is -8.70. The Morgan fingerprint density at radius 1 is 0.570 bits per heavy atom. The Morgan fingerprint density at radius 2 is 0.890 bits per heavy atom. The van der Waals surface area contributed by atoms with E-state index in [9.17, 15) is 34.9 Å². The fourth-order valence-electron chi connectivity index (χ4n) is 15.1. The van der Waals surface area contributed by atoms with Crippen LogP contribution < -0.4 is 0 Å². The molecule has 17 nitrogen and oxygen atoms in total. The lowest BCUT2D eigenvalue weighted by Crippen LogP contribution is -2.53. The van der Waals surface area contributed by atoms with E-state index in [1.807, 2.05) is 92.1 Å². The van der Waals surface area contributed by atoms with Crippen LogP contribution in [0, 0.1) is 48.3 Å². The number of carbonyl (C=O) groups is 4. The molecule has 2 aliphatic heterocycles. The largest absolute Gasteiger partial charge is 0.458 e. The second-order valence-corrected chi connectivity index (χ2v) is 52.7. The second-order valence-electron chi connectivity index (χ2n) is 30.5. The Hall–Kier alpha value is -2.56. The summed E-state index contributed by atoms with van der Waals surface area (Å²) in [5.74, 6) is -1.44. The van der Waals surface area contributed by atoms with E-state index in [0.29, 0.717) is 25.7 Å². The molecule has 14 atom stereocenters. The maximum Gasteiger partial charge on any atom is 0.309 e. The molecule has 2 unspecified atom stereocenters. The van der Waals surface area contributed by atoms with Crippen molar-refractivity contribution in [3.63, 3.8) is 0 Å². The zero-order chi connectivity index (χ0) is 75.7. The summed E-state index contributed by atoms with van der Waals surface area (Å²) >= 11 is 6.87. The van der Waals surface area contributed by atoms with Crippen LogP contribution in [-0.4, -0.2) is 137 Å². The topological polar surface area (TPSA) is 239 Å². The quantitative estimate of drug-likeness (QED) is 0.0235. The van der Waals surface area contributed by atoms with Crippen LogP contribution in [0.2, 0.25) is 72.5 Å². The molecular formula is C76H136BrN5O12S2Si4. The van der Waals surface area contributed by atoms with Crippen molar-refractivity contribution in [1.82, 2.24) is 9.97 Å². The summed E-state index contributed by atoms with van der Waals surface area (Å²) in [6, 6.07) is 10.4. The lowest BCUT2D eigenvalue weighted by molar-refractivity contribution is -0.155. The number of aliphatic hydroxyl groups is 2. The van der Waals surface area contributed by atoms with E-state index in [1.54, 1.807) is 11.3 Å². The fraction of sp³-hybridized carbons (Fsp3) is 0.816. The summed E-state index contributed by atoms with van der Waals surface area (Å²) in [5, 5.41) is 32.5. The summed E-state index contributed by atoms with van der Waals surface area (Å²) in [4.78, 5) is 69.9. The number of aliphatic hydroxyl groups excluding tert-OH is 2. The number of halogens is 1. The molecule has 2 aromatic heterocycles. The first-order chi connectivity index (χ1) is 47.0. The van der Waals surface area contributed by atoms with Gasteiger partial charge in [-0.15, -0.1) is 22.7 Å². The highest BCUT2D eigenvalue weighted by molar-refractivity contribution is 9.09. The molecule has 0 aliphatic carbocycles. The molecule has 2 N–H and O–H groups in total. The highest BCUT2D eigenvalue weighted by Gasteiger charge is 2.51. The molecule has 0 saturated carbocycles. The van der Waals surface area contributed by atoms with Crippen molar-refractivity contribution < 1.29 is 56.6 Å². The van der Waals surface area contributed by atoms with Gasteiger partial charge in [-0.05, 0) is 173 Å². The Labute approximate surface area is 625 Å². The molecule has 2 saturated heterocycles. The first-order valence-electron chi connectivity index (χ1n) is 38.4. The first kappa shape index (κ1) is 91.6. The monoisotopic (exact) mass is 1570 g/mol. The molecule has 24 heteroatoms. The number of ether oxygens (including phenoxy) is 2. The van der Waals surface area contributed by atoms with Crippen molar-refractivity contribution >= 4 is 108 Å². The molecule has 2 aliphatic rings. The van der Waals surface area contributed by atoms with Gasteiger partial charge in [-0.25, -0.2) is 9.97 Å². The zero-order valence-corrected chi connectivity index (χ0v) is 73.6. The molecule has 4 rings (SSSR count). The Morgan fingerprint density at radius 3 is 1.20 bits per heavy atom. The number of thiazole rings is 2. The Kier molecular flexibility index (Phi) is 39.1. The lowest BCUT2D eigenvalue weighted by atomic mass is 9.73. The van der Waals surface area contributed by atoms with Crippen LogP contribution in [0.3, 0.4) is 0 Å². The van der Waals surface area contributed by atoms with E-state index in [0.717, 1.165) is 124 Å². The third-order valence-electron chi connectivity index (χ3n) is 23.7. The van der Waals surface area contributed by atoms with Crippen LogP contribution in [0.1, 0.15) is 238 Å². The van der Waals surface area contributed by atoms with Crippen LogP contribution in [0.15, 0.2) is 27.0 Å². The highest BCUT2D eigenvalue weighted by Crippen LogP contribution is 2.43. The summed E-state index contributed by atoms with van der Waals surface area (Å²) in [6.45, 7) is 50.1. The summed E-state index contributed by atoms with van der Waals surface area (Å²) in [6.07, 6.45) is 3.48. The molecule has 2 aromatic rings. The molecule has 0 spiro atoms. The van der Waals surface area contributed by atoms with Gasteiger partial charge in [0.2, 0.25) is 0 Å².